The molecule has 0 spiro atoms. The second-order valence-corrected chi connectivity index (χ2v) is 2.78. The fourth-order valence-electron chi connectivity index (χ4n) is 0.719. The van der Waals surface area contributed by atoms with Crippen molar-refractivity contribution in [2.45, 2.75) is 18.8 Å². The SMILES string of the molecule is C=CCOC(O)CCOCC(O)CO. The van der Waals surface area contributed by atoms with Crippen molar-refractivity contribution in [3.05, 3.63) is 12.7 Å². The van der Waals surface area contributed by atoms with Crippen LogP contribution in [0.5, 0.6) is 0 Å². The van der Waals surface area contributed by atoms with Crippen molar-refractivity contribution in [2.24, 2.45) is 0 Å². The molecule has 0 amide bonds. The molecule has 0 saturated carbocycles. The Labute approximate surface area is 83.6 Å². The molecule has 0 aromatic heterocycles. The molecule has 2 unspecified atom stereocenters. The highest BCUT2D eigenvalue weighted by Crippen LogP contribution is 1.95. The van der Waals surface area contributed by atoms with Crippen molar-refractivity contribution in [3.63, 3.8) is 0 Å². The van der Waals surface area contributed by atoms with Gasteiger partial charge in [0.2, 0.25) is 0 Å². The standard InChI is InChI=1S/C9H18O5/c1-2-4-14-9(12)3-5-13-7-8(11)6-10/h2,8-12H,1,3-7H2. The molecule has 5 heteroatoms. The van der Waals surface area contributed by atoms with E-state index < -0.39 is 12.4 Å². The largest absolute Gasteiger partial charge is 0.394 e. The molecular weight excluding hydrogens is 188 g/mol. The third-order valence-electron chi connectivity index (χ3n) is 1.44. The van der Waals surface area contributed by atoms with Gasteiger partial charge < -0.3 is 24.8 Å². The maximum atomic E-state index is 9.14. The van der Waals surface area contributed by atoms with Crippen molar-refractivity contribution in [1.82, 2.24) is 0 Å². The summed E-state index contributed by atoms with van der Waals surface area (Å²) >= 11 is 0. The topological polar surface area (TPSA) is 79.2 Å². The zero-order valence-electron chi connectivity index (χ0n) is 8.13. The molecule has 0 aromatic carbocycles. The van der Waals surface area contributed by atoms with Crippen molar-refractivity contribution in [2.75, 3.05) is 26.4 Å². The quantitative estimate of drug-likeness (QED) is 0.263. The molecule has 2 atom stereocenters. The van der Waals surface area contributed by atoms with Crippen LogP contribution >= 0.6 is 0 Å². The molecule has 0 aliphatic heterocycles. The zero-order valence-corrected chi connectivity index (χ0v) is 8.13. The Hall–Kier alpha value is -0.460. The molecule has 0 saturated heterocycles. The second kappa shape index (κ2) is 9.11. The summed E-state index contributed by atoms with van der Waals surface area (Å²) in [4.78, 5) is 0. The van der Waals surface area contributed by atoms with Crippen molar-refractivity contribution >= 4 is 0 Å². The van der Waals surface area contributed by atoms with E-state index in [0.29, 0.717) is 13.0 Å². The molecule has 0 heterocycles. The number of hydrogen-bond acceptors (Lipinski definition) is 5. The van der Waals surface area contributed by atoms with E-state index in [9.17, 15) is 0 Å². The first-order valence-corrected chi connectivity index (χ1v) is 4.48. The number of aliphatic hydroxyl groups is 3. The monoisotopic (exact) mass is 206 g/mol. The summed E-state index contributed by atoms with van der Waals surface area (Å²) in [6.45, 7) is 3.74. The number of ether oxygens (including phenoxy) is 2. The maximum absolute atomic E-state index is 9.14. The van der Waals surface area contributed by atoms with Crippen LogP contribution in [-0.2, 0) is 9.47 Å². The average molecular weight is 206 g/mol. The molecule has 0 aromatic rings. The second-order valence-electron chi connectivity index (χ2n) is 2.78. The first kappa shape index (κ1) is 13.5. The average Bonchev–Trinajstić information content (AvgIpc) is 2.21. The molecule has 0 radical (unpaired) electrons. The Balaban J connectivity index is 3.22. The first-order chi connectivity index (χ1) is 6.70. The maximum Gasteiger partial charge on any atom is 0.157 e. The van der Waals surface area contributed by atoms with Gasteiger partial charge in [0.15, 0.2) is 6.29 Å². The van der Waals surface area contributed by atoms with Crippen molar-refractivity contribution in [1.29, 1.82) is 0 Å². The summed E-state index contributed by atoms with van der Waals surface area (Å²) in [5.74, 6) is 0. The van der Waals surface area contributed by atoms with Crippen LogP contribution < -0.4 is 0 Å². The van der Waals surface area contributed by atoms with Crippen LogP contribution in [0.25, 0.3) is 0 Å². The minimum Gasteiger partial charge on any atom is -0.394 e. The minimum atomic E-state index is -0.876. The van der Waals surface area contributed by atoms with Crippen LogP contribution in [0.2, 0.25) is 0 Å². The van der Waals surface area contributed by atoms with Gasteiger partial charge in [-0.05, 0) is 0 Å². The van der Waals surface area contributed by atoms with Gasteiger partial charge in [-0.15, -0.1) is 6.58 Å². The van der Waals surface area contributed by atoms with Crippen molar-refractivity contribution in [3.8, 4) is 0 Å². The van der Waals surface area contributed by atoms with E-state index in [4.69, 9.17) is 24.8 Å². The van der Waals surface area contributed by atoms with Crippen LogP contribution in [0.1, 0.15) is 6.42 Å². The lowest BCUT2D eigenvalue weighted by atomic mass is 10.4. The number of aliphatic hydroxyl groups excluding tert-OH is 3. The molecule has 0 aliphatic rings. The molecule has 5 nitrogen and oxygen atoms in total. The van der Waals surface area contributed by atoms with Gasteiger partial charge in [0, 0.05) is 6.42 Å². The first-order valence-electron chi connectivity index (χ1n) is 4.48. The van der Waals surface area contributed by atoms with E-state index in [1.165, 1.54) is 0 Å². The molecule has 0 aliphatic carbocycles. The van der Waals surface area contributed by atoms with Crippen LogP contribution in [0.4, 0.5) is 0 Å². The minimum absolute atomic E-state index is 0.0602. The predicted molar refractivity (Wildman–Crippen MR) is 50.7 cm³/mol. The molecule has 3 N–H and O–H groups in total. The summed E-state index contributed by atoms with van der Waals surface area (Å²) in [6.07, 6.45) is 0.131. The lowest BCUT2D eigenvalue weighted by molar-refractivity contribution is -0.107. The smallest absolute Gasteiger partial charge is 0.157 e. The summed E-state index contributed by atoms with van der Waals surface area (Å²) in [5, 5.41) is 26.5. The highest BCUT2D eigenvalue weighted by Gasteiger charge is 2.04. The normalized spacial score (nSPS) is 15.1. The lowest BCUT2D eigenvalue weighted by Crippen LogP contribution is -2.21. The molecule has 14 heavy (non-hydrogen) atoms. The van der Waals surface area contributed by atoms with E-state index >= 15 is 0 Å². The lowest BCUT2D eigenvalue weighted by Gasteiger charge is -2.11. The van der Waals surface area contributed by atoms with Crippen LogP contribution in [0.3, 0.4) is 0 Å². The third kappa shape index (κ3) is 8.15. The van der Waals surface area contributed by atoms with Crippen LogP contribution in [0, 0.1) is 0 Å². The van der Waals surface area contributed by atoms with Crippen molar-refractivity contribution < 1.29 is 24.8 Å². The van der Waals surface area contributed by atoms with E-state index in [2.05, 4.69) is 6.58 Å². The Bertz CT molecular complexity index is 139. The van der Waals surface area contributed by atoms with Crippen LogP contribution in [0.15, 0.2) is 12.7 Å². The van der Waals surface area contributed by atoms with E-state index in [-0.39, 0.29) is 19.8 Å². The van der Waals surface area contributed by atoms with Gasteiger partial charge in [-0.3, -0.25) is 0 Å². The Kier molecular flexibility index (Phi) is 8.81. The summed E-state index contributed by atoms with van der Waals surface area (Å²) < 4.78 is 9.83. The fraction of sp³-hybridized carbons (Fsp3) is 0.778. The van der Waals surface area contributed by atoms with E-state index in [0.717, 1.165) is 0 Å². The van der Waals surface area contributed by atoms with Gasteiger partial charge in [0.05, 0.1) is 26.4 Å². The van der Waals surface area contributed by atoms with Gasteiger partial charge in [-0.2, -0.15) is 0 Å². The third-order valence-corrected chi connectivity index (χ3v) is 1.44. The summed E-state index contributed by atoms with van der Waals surface area (Å²) in [6, 6.07) is 0. The molecule has 0 fully saturated rings. The van der Waals surface area contributed by atoms with Gasteiger partial charge in [-0.25, -0.2) is 0 Å². The summed E-state index contributed by atoms with van der Waals surface area (Å²) in [5.41, 5.74) is 0. The zero-order chi connectivity index (χ0) is 10.8. The van der Waals surface area contributed by atoms with Crippen LogP contribution in [-0.4, -0.2) is 54.1 Å². The predicted octanol–water partition coefficient (Wildman–Crippen LogP) is -0.733. The molecule has 84 valence electrons. The van der Waals surface area contributed by atoms with Gasteiger partial charge >= 0.3 is 0 Å². The van der Waals surface area contributed by atoms with Gasteiger partial charge in [0.1, 0.15) is 6.10 Å². The molecule has 0 bridgehead atoms. The highest BCUT2D eigenvalue weighted by molar-refractivity contribution is 4.64. The molecule has 0 rings (SSSR count). The molecular formula is C9H18O5. The Morgan fingerprint density at radius 1 is 1.36 bits per heavy atom. The fourth-order valence-corrected chi connectivity index (χ4v) is 0.719. The number of rotatable bonds is 9. The van der Waals surface area contributed by atoms with E-state index in [1.54, 1.807) is 6.08 Å². The summed E-state index contributed by atoms with van der Waals surface area (Å²) in [7, 11) is 0. The Morgan fingerprint density at radius 2 is 2.07 bits per heavy atom. The highest BCUT2D eigenvalue weighted by atomic mass is 16.6. The number of hydrogen-bond donors (Lipinski definition) is 3. The van der Waals surface area contributed by atoms with Gasteiger partial charge in [0.25, 0.3) is 0 Å². The van der Waals surface area contributed by atoms with E-state index in [1.807, 2.05) is 0 Å². The van der Waals surface area contributed by atoms with Gasteiger partial charge in [-0.1, -0.05) is 6.08 Å². The Morgan fingerprint density at radius 3 is 2.64 bits per heavy atom.